The van der Waals surface area contributed by atoms with E-state index in [9.17, 15) is 18.0 Å². The molecule has 2 heterocycles. The van der Waals surface area contributed by atoms with Crippen LogP contribution < -0.4 is 5.56 Å². The zero-order chi connectivity index (χ0) is 23.2. The van der Waals surface area contributed by atoms with Crippen molar-refractivity contribution in [3.05, 3.63) is 91.9 Å². The summed E-state index contributed by atoms with van der Waals surface area (Å²) in [5.74, 6) is 0. The predicted octanol–water partition coefficient (Wildman–Crippen LogP) is 5.40. The molecule has 4 aromatic rings. The number of pyridine rings is 1. The van der Waals surface area contributed by atoms with E-state index in [1.54, 1.807) is 49.4 Å². The molecule has 0 N–H and O–H groups in total. The molecule has 162 valence electrons. The molecule has 2 aromatic heterocycles. The fraction of sp³-hybridized carbons (Fsp3) is 0.174. The number of aryl methyl sites for hydroxylation is 1. The maximum Gasteiger partial charge on any atom is 0.417 e. The summed E-state index contributed by atoms with van der Waals surface area (Å²) in [4.78, 5) is 12.9. The zero-order valence-electron chi connectivity index (χ0n) is 17.0. The summed E-state index contributed by atoms with van der Waals surface area (Å²) in [6.45, 7) is 3.21. The van der Waals surface area contributed by atoms with E-state index in [1.807, 2.05) is 6.07 Å². The van der Waals surface area contributed by atoms with Crippen LogP contribution in [0.4, 0.5) is 13.2 Å². The highest BCUT2D eigenvalue weighted by atomic mass is 35.5. The minimum atomic E-state index is -4.73. The molecule has 0 saturated carbocycles. The van der Waals surface area contributed by atoms with Crippen LogP contribution in [0.15, 0.2) is 53.3 Å². The number of alkyl halides is 3. The van der Waals surface area contributed by atoms with E-state index >= 15 is 0 Å². The highest BCUT2D eigenvalue weighted by molar-refractivity contribution is 6.31. The summed E-state index contributed by atoms with van der Waals surface area (Å²) >= 11 is 6.24. The molecule has 0 atom stereocenters. The van der Waals surface area contributed by atoms with Crippen LogP contribution in [-0.2, 0) is 12.7 Å². The summed E-state index contributed by atoms with van der Waals surface area (Å²) in [6.07, 6.45) is -4.73. The van der Waals surface area contributed by atoms with Gasteiger partial charge in [0.25, 0.3) is 5.56 Å². The molecule has 4 rings (SSSR count). The molecule has 0 fully saturated rings. The van der Waals surface area contributed by atoms with E-state index in [2.05, 4.69) is 5.10 Å². The Morgan fingerprint density at radius 2 is 1.81 bits per heavy atom. The molecule has 0 bridgehead atoms. The molecule has 0 aliphatic heterocycles. The van der Waals surface area contributed by atoms with Crippen LogP contribution in [-0.4, -0.2) is 14.3 Å². The third kappa shape index (κ3) is 3.65. The van der Waals surface area contributed by atoms with Gasteiger partial charge in [0.15, 0.2) is 0 Å². The molecule has 0 unspecified atom stereocenters. The summed E-state index contributed by atoms with van der Waals surface area (Å²) in [6, 6.07) is 14.1. The van der Waals surface area contributed by atoms with Crippen molar-refractivity contribution in [2.24, 2.45) is 0 Å². The Morgan fingerprint density at radius 1 is 1.12 bits per heavy atom. The standard InChI is InChI=1S/C23H16ClF3N4O/c1-13-18(24)4-3-5-19(13)31-22-21(14(2)29-31)17(23(25,26)27)10-20(32)30(22)12-16-8-6-15(11-28)7-9-16/h3-10H,12H2,1-2H3. The summed E-state index contributed by atoms with van der Waals surface area (Å²) < 4.78 is 44.1. The first-order valence-corrected chi connectivity index (χ1v) is 9.94. The average molecular weight is 457 g/mol. The number of aromatic nitrogens is 3. The van der Waals surface area contributed by atoms with Crippen molar-refractivity contribution in [1.82, 2.24) is 14.3 Å². The summed E-state index contributed by atoms with van der Waals surface area (Å²) in [5.41, 5.74) is 0.509. The first-order chi connectivity index (χ1) is 15.1. The molecule has 0 aliphatic carbocycles. The van der Waals surface area contributed by atoms with Gasteiger partial charge in [-0.3, -0.25) is 9.36 Å². The second-order valence-corrected chi connectivity index (χ2v) is 7.78. The lowest BCUT2D eigenvalue weighted by Crippen LogP contribution is -2.25. The Morgan fingerprint density at radius 3 is 2.44 bits per heavy atom. The summed E-state index contributed by atoms with van der Waals surface area (Å²) in [5, 5.41) is 13.6. The third-order valence-corrected chi connectivity index (χ3v) is 5.70. The van der Waals surface area contributed by atoms with Crippen LogP contribution in [0.5, 0.6) is 0 Å². The largest absolute Gasteiger partial charge is 0.417 e. The fourth-order valence-corrected chi connectivity index (χ4v) is 3.86. The minimum Gasteiger partial charge on any atom is -0.288 e. The first kappa shape index (κ1) is 21.7. The van der Waals surface area contributed by atoms with E-state index in [0.717, 1.165) is 0 Å². The van der Waals surface area contributed by atoms with Gasteiger partial charge in [0.1, 0.15) is 5.65 Å². The number of fused-ring (bicyclic) bond motifs is 1. The molecule has 0 amide bonds. The van der Waals surface area contributed by atoms with Gasteiger partial charge in [0.2, 0.25) is 0 Å². The fourth-order valence-electron chi connectivity index (χ4n) is 3.69. The van der Waals surface area contributed by atoms with Crippen LogP contribution in [0.2, 0.25) is 5.02 Å². The topological polar surface area (TPSA) is 63.6 Å². The quantitative estimate of drug-likeness (QED) is 0.415. The molecular weight excluding hydrogens is 441 g/mol. The Labute approximate surface area is 185 Å². The summed E-state index contributed by atoms with van der Waals surface area (Å²) in [7, 11) is 0. The molecule has 0 radical (unpaired) electrons. The van der Waals surface area contributed by atoms with Gasteiger partial charge in [0.05, 0.1) is 40.5 Å². The Kier molecular flexibility index (Phi) is 5.31. The lowest BCUT2D eigenvalue weighted by Gasteiger charge is -2.16. The van der Waals surface area contributed by atoms with Gasteiger partial charge in [-0.1, -0.05) is 29.8 Å². The Balaban J connectivity index is 2.07. The highest BCUT2D eigenvalue weighted by Crippen LogP contribution is 2.36. The van der Waals surface area contributed by atoms with Gasteiger partial charge in [-0.25, -0.2) is 4.68 Å². The maximum atomic E-state index is 13.8. The second-order valence-electron chi connectivity index (χ2n) is 7.37. The number of hydrogen-bond donors (Lipinski definition) is 0. The van der Waals surface area contributed by atoms with Crippen molar-refractivity contribution >= 4 is 22.6 Å². The second kappa shape index (κ2) is 7.84. The average Bonchev–Trinajstić information content (AvgIpc) is 3.08. The van der Waals surface area contributed by atoms with E-state index in [0.29, 0.717) is 33.5 Å². The maximum absolute atomic E-state index is 13.8. The molecule has 0 aliphatic rings. The van der Waals surface area contributed by atoms with Crippen molar-refractivity contribution in [3.8, 4) is 11.8 Å². The van der Waals surface area contributed by atoms with Crippen LogP contribution in [0, 0.1) is 25.2 Å². The normalized spacial score (nSPS) is 11.7. The Bertz CT molecular complexity index is 1440. The molecule has 0 spiro atoms. The highest BCUT2D eigenvalue weighted by Gasteiger charge is 2.36. The molecule has 5 nitrogen and oxygen atoms in total. The SMILES string of the molecule is Cc1c(Cl)cccc1-n1nc(C)c2c(C(F)(F)F)cc(=O)n(Cc3ccc(C#N)cc3)c21. The predicted molar refractivity (Wildman–Crippen MR) is 115 cm³/mol. The third-order valence-electron chi connectivity index (χ3n) is 5.29. The lowest BCUT2D eigenvalue weighted by atomic mass is 10.1. The van der Waals surface area contributed by atoms with Crippen molar-refractivity contribution < 1.29 is 13.2 Å². The lowest BCUT2D eigenvalue weighted by molar-refractivity contribution is -0.136. The van der Waals surface area contributed by atoms with E-state index in [4.69, 9.17) is 16.9 Å². The molecule has 32 heavy (non-hydrogen) atoms. The molecule has 9 heteroatoms. The monoisotopic (exact) mass is 456 g/mol. The molecule has 2 aromatic carbocycles. The van der Waals surface area contributed by atoms with Gasteiger partial charge in [-0.15, -0.1) is 0 Å². The van der Waals surface area contributed by atoms with Crippen LogP contribution in [0.1, 0.15) is 27.9 Å². The van der Waals surface area contributed by atoms with E-state index < -0.39 is 17.3 Å². The van der Waals surface area contributed by atoms with Gasteiger partial charge >= 0.3 is 6.18 Å². The van der Waals surface area contributed by atoms with Crippen molar-refractivity contribution in [1.29, 1.82) is 5.26 Å². The van der Waals surface area contributed by atoms with Crippen LogP contribution in [0.25, 0.3) is 16.7 Å². The number of rotatable bonds is 3. The number of halogens is 4. The zero-order valence-corrected chi connectivity index (χ0v) is 17.8. The first-order valence-electron chi connectivity index (χ1n) is 9.56. The minimum absolute atomic E-state index is 0.00389. The van der Waals surface area contributed by atoms with Crippen LogP contribution >= 0.6 is 11.6 Å². The van der Waals surface area contributed by atoms with E-state index in [1.165, 1.54) is 16.2 Å². The number of nitrogens with zero attached hydrogens (tertiary/aromatic N) is 4. The van der Waals surface area contributed by atoms with Gasteiger partial charge in [0, 0.05) is 11.1 Å². The molecule has 0 saturated heterocycles. The van der Waals surface area contributed by atoms with Crippen molar-refractivity contribution in [3.63, 3.8) is 0 Å². The van der Waals surface area contributed by atoms with Crippen LogP contribution in [0.3, 0.4) is 0 Å². The number of nitriles is 1. The van der Waals surface area contributed by atoms with Gasteiger partial charge < -0.3 is 0 Å². The van der Waals surface area contributed by atoms with Gasteiger partial charge in [-0.05, 0) is 49.2 Å². The van der Waals surface area contributed by atoms with E-state index in [-0.39, 0.29) is 23.3 Å². The molecular formula is C23H16ClF3N4O. The van der Waals surface area contributed by atoms with Gasteiger partial charge in [-0.2, -0.15) is 23.5 Å². The van der Waals surface area contributed by atoms with Crippen molar-refractivity contribution in [2.45, 2.75) is 26.6 Å². The van der Waals surface area contributed by atoms with Crippen molar-refractivity contribution in [2.75, 3.05) is 0 Å². The number of benzene rings is 2. The Hall–Kier alpha value is -3.57. The number of hydrogen-bond acceptors (Lipinski definition) is 3. The smallest absolute Gasteiger partial charge is 0.288 e.